The summed E-state index contributed by atoms with van der Waals surface area (Å²) in [5.41, 5.74) is -0.794. The number of aromatic nitrogens is 1. The summed E-state index contributed by atoms with van der Waals surface area (Å²) in [6, 6.07) is 9.01. The molecule has 0 saturated carbocycles. The summed E-state index contributed by atoms with van der Waals surface area (Å²) in [7, 11) is -3.92. The fourth-order valence-electron chi connectivity index (χ4n) is 3.93. The highest BCUT2D eigenvalue weighted by molar-refractivity contribution is 7.89. The molecule has 4 rings (SSSR count). The second-order valence-electron chi connectivity index (χ2n) is 8.23. The molecule has 0 unspecified atom stereocenters. The van der Waals surface area contributed by atoms with E-state index in [4.69, 9.17) is 0 Å². The number of hydrogen-bond acceptors (Lipinski definition) is 4. The first-order valence-electron chi connectivity index (χ1n) is 10.5. The van der Waals surface area contributed by atoms with Crippen LogP contribution in [0.5, 0.6) is 0 Å². The van der Waals surface area contributed by atoms with E-state index in [2.05, 4.69) is 12.2 Å². The van der Waals surface area contributed by atoms with Crippen LogP contribution in [0.2, 0.25) is 0 Å². The number of pyridine rings is 1. The van der Waals surface area contributed by atoms with Gasteiger partial charge in [-0.15, -0.1) is 0 Å². The van der Waals surface area contributed by atoms with Crippen LogP contribution in [0, 0.1) is 17.6 Å². The second kappa shape index (κ2) is 9.03. The van der Waals surface area contributed by atoms with Gasteiger partial charge in [0.1, 0.15) is 23.1 Å². The minimum absolute atomic E-state index is 0.0620. The highest BCUT2D eigenvalue weighted by Crippen LogP contribution is 2.27. The SMILES string of the molecule is CC1CCN(S(=O)(=O)c2cn(CC(=O)Nc3ccc(F)cc3F)c(=O)c3ccccc23)CC1. The third-order valence-electron chi connectivity index (χ3n) is 5.84. The van der Waals surface area contributed by atoms with Crippen molar-refractivity contribution in [3.05, 3.63) is 70.6 Å². The molecular weight excluding hydrogens is 452 g/mol. The Hall–Kier alpha value is -3.11. The lowest BCUT2D eigenvalue weighted by Gasteiger charge is -2.30. The van der Waals surface area contributed by atoms with Crippen LogP contribution in [0.25, 0.3) is 10.8 Å². The minimum Gasteiger partial charge on any atom is -0.322 e. The minimum atomic E-state index is -3.92. The Labute approximate surface area is 189 Å². The van der Waals surface area contributed by atoms with Crippen molar-refractivity contribution in [2.45, 2.75) is 31.2 Å². The molecule has 1 saturated heterocycles. The molecule has 0 atom stereocenters. The number of carbonyl (C=O) groups excluding carboxylic acids is 1. The van der Waals surface area contributed by atoms with Gasteiger partial charge in [0.05, 0.1) is 5.69 Å². The number of benzene rings is 2. The van der Waals surface area contributed by atoms with Crippen LogP contribution in [0.3, 0.4) is 0 Å². The predicted molar refractivity (Wildman–Crippen MR) is 120 cm³/mol. The van der Waals surface area contributed by atoms with Crippen molar-refractivity contribution >= 4 is 32.4 Å². The Balaban J connectivity index is 1.71. The van der Waals surface area contributed by atoms with E-state index < -0.39 is 39.7 Å². The molecule has 1 aliphatic rings. The maximum Gasteiger partial charge on any atom is 0.258 e. The Morgan fingerprint density at radius 1 is 1.09 bits per heavy atom. The fourth-order valence-corrected chi connectivity index (χ4v) is 5.62. The van der Waals surface area contributed by atoms with Crippen LogP contribution in [-0.4, -0.2) is 36.3 Å². The Kier molecular flexibility index (Phi) is 6.31. The van der Waals surface area contributed by atoms with Crippen LogP contribution >= 0.6 is 0 Å². The molecule has 0 spiro atoms. The smallest absolute Gasteiger partial charge is 0.258 e. The van der Waals surface area contributed by atoms with E-state index in [1.165, 1.54) is 16.6 Å². The average Bonchev–Trinajstić information content (AvgIpc) is 2.78. The lowest BCUT2D eigenvalue weighted by molar-refractivity contribution is -0.116. The van der Waals surface area contributed by atoms with Crippen molar-refractivity contribution in [1.29, 1.82) is 0 Å². The van der Waals surface area contributed by atoms with Crippen molar-refractivity contribution in [2.24, 2.45) is 5.92 Å². The van der Waals surface area contributed by atoms with Crippen molar-refractivity contribution in [1.82, 2.24) is 8.87 Å². The third-order valence-corrected chi connectivity index (χ3v) is 7.76. The van der Waals surface area contributed by atoms with Gasteiger partial charge in [-0.1, -0.05) is 25.1 Å². The fraction of sp³-hybridized carbons (Fsp3) is 0.304. The molecule has 1 fully saturated rings. The van der Waals surface area contributed by atoms with Gasteiger partial charge in [0.15, 0.2) is 0 Å². The standard InChI is InChI=1S/C23H23F2N3O4S/c1-15-8-10-28(11-9-15)33(31,32)21-13-27(23(30)18-5-3-2-4-17(18)21)14-22(29)26-20-7-6-16(24)12-19(20)25/h2-7,12-13,15H,8-11,14H2,1H3,(H,26,29). The van der Waals surface area contributed by atoms with Crippen LogP contribution in [-0.2, 0) is 21.4 Å². The summed E-state index contributed by atoms with van der Waals surface area (Å²) in [6.45, 7) is 2.28. The zero-order valence-corrected chi connectivity index (χ0v) is 18.7. The Morgan fingerprint density at radius 3 is 2.42 bits per heavy atom. The molecule has 3 aromatic rings. The molecule has 0 aliphatic carbocycles. The summed E-state index contributed by atoms with van der Waals surface area (Å²) in [5.74, 6) is -2.08. The number of amides is 1. The summed E-state index contributed by atoms with van der Waals surface area (Å²) in [4.78, 5) is 25.4. The third kappa shape index (κ3) is 4.67. The van der Waals surface area contributed by atoms with E-state index >= 15 is 0 Å². The first-order chi connectivity index (χ1) is 15.7. The maximum absolute atomic E-state index is 13.9. The highest BCUT2D eigenvalue weighted by atomic mass is 32.2. The van der Waals surface area contributed by atoms with E-state index in [1.54, 1.807) is 18.2 Å². The van der Waals surface area contributed by atoms with Crippen LogP contribution in [0.4, 0.5) is 14.5 Å². The number of piperidine rings is 1. The number of sulfonamides is 1. The molecular formula is C23H23F2N3O4S. The number of rotatable bonds is 5. The van der Waals surface area contributed by atoms with Crippen molar-refractivity contribution in [3.8, 4) is 0 Å². The summed E-state index contributed by atoms with van der Waals surface area (Å²) < 4.78 is 56.3. The number of nitrogens with zero attached hydrogens (tertiary/aromatic N) is 2. The monoisotopic (exact) mass is 475 g/mol. The van der Waals surface area contributed by atoms with Gasteiger partial charge >= 0.3 is 0 Å². The number of carbonyl (C=O) groups is 1. The van der Waals surface area contributed by atoms with Gasteiger partial charge in [-0.3, -0.25) is 9.59 Å². The van der Waals surface area contributed by atoms with Gasteiger partial charge in [0, 0.05) is 36.1 Å². The molecule has 1 aromatic heterocycles. The summed E-state index contributed by atoms with van der Waals surface area (Å²) in [5, 5.41) is 2.72. The van der Waals surface area contributed by atoms with E-state index in [1.807, 2.05) is 0 Å². The molecule has 2 heterocycles. The Bertz CT molecular complexity index is 1380. The number of halogens is 2. The van der Waals surface area contributed by atoms with Gasteiger partial charge in [0.2, 0.25) is 15.9 Å². The zero-order chi connectivity index (χ0) is 23.8. The van der Waals surface area contributed by atoms with Crippen LogP contribution in [0.1, 0.15) is 19.8 Å². The van der Waals surface area contributed by atoms with E-state index in [0.29, 0.717) is 25.1 Å². The zero-order valence-electron chi connectivity index (χ0n) is 17.9. The molecule has 1 N–H and O–H groups in total. The molecule has 0 bridgehead atoms. The average molecular weight is 476 g/mol. The number of hydrogen-bond donors (Lipinski definition) is 1. The topological polar surface area (TPSA) is 88.5 Å². The highest BCUT2D eigenvalue weighted by Gasteiger charge is 2.30. The lowest BCUT2D eigenvalue weighted by Crippen LogP contribution is -2.38. The molecule has 1 aliphatic heterocycles. The van der Waals surface area contributed by atoms with Gasteiger partial charge < -0.3 is 9.88 Å². The van der Waals surface area contributed by atoms with Gasteiger partial charge in [-0.2, -0.15) is 4.31 Å². The molecule has 2 aromatic carbocycles. The van der Waals surface area contributed by atoms with Gasteiger partial charge in [-0.05, 0) is 37.0 Å². The number of nitrogens with one attached hydrogen (secondary N) is 1. The first kappa shape index (κ1) is 23.1. The molecule has 33 heavy (non-hydrogen) atoms. The molecule has 7 nitrogen and oxygen atoms in total. The van der Waals surface area contributed by atoms with Crippen molar-refractivity contribution in [3.63, 3.8) is 0 Å². The van der Waals surface area contributed by atoms with E-state index in [-0.39, 0.29) is 21.4 Å². The summed E-state index contributed by atoms with van der Waals surface area (Å²) >= 11 is 0. The predicted octanol–water partition coefficient (Wildman–Crippen LogP) is 3.34. The summed E-state index contributed by atoms with van der Waals surface area (Å²) in [6.07, 6.45) is 2.64. The van der Waals surface area contributed by atoms with E-state index in [0.717, 1.165) is 29.5 Å². The second-order valence-corrected chi connectivity index (χ2v) is 10.1. The number of fused-ring (bicyclic) bond motifs is 1. The quantitative estimate of drug-likeness (QED) is 0.613. The van der Waals surface area contributed by atoms with Gasteiger partial charge in [-0.25, -0.2) is 17.2 Å². The normalized spacial score (nSPS) is 15.6. The lowest BCUT2D eigenvalue weighted by atomic mass is 10.0. The van der Waals surface area contributed by atoms with Crippen molar-refractivity contribution in [2.75, 3.05) is 18.4 Å². The molecule has 1 amide bonds. The maximum atomic E-state index is 13.9. The molecule has 174 valence electrons. The Morgan fingerprint density at radius 2 is 1.76 bits per heavy atom. The van der Waals surface area contributed by atoms with Gasteiger partial charge in [0.25, 0.3) is 5.56 Å². The molecule has 0 radical (unpaired) electrons. The van der Waals surface area contributed by atoms with Crippen molar-refractivity contribution < 1.29 is 22.0 Å². The van der Waals surface area contributed by atoms with E-state index in [9.17, 15) is 26.8 Å². The molecule has 10 heteroatoms. The largest absolute Gasteiger partial charge is 0.322 e. The first-order valence-corrected chi connectivity index (χ1v) is 12.0. The number of anilines is 1. The van der Waals surface area contributed by atoms with Crippen LogP contribution < -0.4 is 10.9 Å². The van der Waals surface area contributed by atoms with Crippen LogP contribution in [0.15, 0.2) is 58.4 Å².